The molecule has 0 aliphatic rings. The van der Waals surface area contributed by atoms with Crippen molar-refractivity contribution in [1.29, 1.82) is 0 Å². The Bertz CT molecular complexity index is 292. The van der Waals surface area contributed by atoms with Gasteiger partial charge in [-0.1, -0.05) is 0 Å². The molecule has 5 heteroatoms. The van der Waals surface area contributed by atoms with Crippen LogP contribution in [0.2, 0.25) is 0 Å². The third-order valence-corrected chi connectivity index (χ3v) is 2.28. The maximum Gasteiger partial charge on any atom is 0.203 e. The summed E-state index contributed by atoms with van der Waals surface area (Å²) in [4.78, 5) is 0.861. The Morgan fingerprint density at radius 1 is 1.00 bits per heavy atom. The molecule has 0 amide bonds. The van der Waals surface area contributed by atoms with Crippen molar-refractivity contribution in [1.82, 2.24) is 0 Å². The SMILES string of the molecule is COc1cc(SN)cc(OC)c1OC. The van der Waals surface area contributed by atoms with Gasteiger partial charge in [-0.05, 0) is 24.1 Å². The number of hydrogen-bond acceptors (Lipinski definition) is 5. The molecule has 0 aliphatic heterocycles. The number of ether oxygens (including phenoxy) is 3. The molecule has 0 fully saturated rings. The molecule has 0 heterocycles. The van der Waals surface area contributed by atoms with Crippen molar-refractivity contribution in [3.8, 4) is 17.2 Å². The number of rotatable bonds is 4. The van der Waals surface area contributed by atoms with Crippen molar-refractivity contribution in [3.05, 3.63) is 12.1 Å². The minimum atomic E-state index is 0.577. The predicted molar refractivity (Wildman–Crippen MR) is 56.1 cm³/mol. The summed E-state index contributed by atoms with van der Waals surface area (Å²) in [7, 11) is 4.71. The molecule has 0 aliphatic carbocycles. The molecule has 0 bridgehead atoms. The summed E-state index contributed by atoms with van der Waals surface area (Å²) in [6.45, 7) is 0. The van der Waals surface area contributed by atoms with Crippen molar-refractivity contribution >= 4 is 11.9 Å². The molecule has 4 nitrogen and oxygen atoms in total. The molecule has 78 valence electrons. The van der Waals surface area contributed by atoms with Crippen molar-refractivity contribution in [2.75, 3.05) is 21.3 Å². The van der Waals surface area contributed by atoms with Gasteiger partial charge in [-0.2, -0.15) is 0 Å². The van der Waals surface area contributed by atoms with Gasteiger partial charge in [0.15, 0.2) is 11.5 Å². The van der Waals surface area contributed by atoms with Crippen LogP contribution < -0.4 is 19.3 Å². The first-order valence-corrected chi connectivity index (χ1v) is 4.81. The second-order valence-corrected chi connectivity index (χ2v) is 3.19. The molecule has 0 unspecified atom stereocenters. The monoisotopic (exact) mass is 215 g/mol. The van der Waals surface area contributed by atoms with Gasteiger partial charge in [0, 0.05) is 4.90 Å². The molecule has 0 spiro atoms. The van der Waals surface area contributed by atoms with Crippen LogP contribution in [-0.2, 0) is 0 Å². The van der Waals surface area contributed by atoms with Crippen LogP contribution in [0.4, 0.5) is 0 Å². The van der Waals surface area contributed by atoms with Crippen molar-refractivity contribution in [2.24, 2.45) is 5.14 Å². The Morgan fingerprint density at radius 3 is 1.79 bits per heavy atom. The third-order valence-electron chi connectivity index (χ3n) is 1.77. The fourth-order valence-corrected chi connectivity index (χ4v) is 1.48. The summed E-state index contributed by atoms with van der Waals surface area (Å²) in [6.07, 6.45) is 0. The van der Waals surface area contributed by atoms with E-state index in [0.717, 1.165) is 16.8 Å². The van der Waals surface area contributed by atoms with Crippen LogP contribution in [0.25, 0.3) is 0 Å². The van der Waals surface area contributed by atoms with Gasteiger partial charge < -0.3 is 14.2 Å². The van der Waals surface area contributed by atoms with E-state index < -0.39 is 0 Å². The summed E-state index contributed by atoms with van der Waals surface area (Å²) in [5, 5.41) is 5.45. The fraction of sp³-hybridized carbons (Fsp3) is 0.333. The quantitative estimate of drug-likeness (QED) is 0.774. The topological polar surface area (TPSA) is 53.7 Å². The minimum absolute atomic E-state index is 0.577. The molecule has 0 atom stereocenters. The summed E-state index contributed by atoms with van der Waals surface area (Å²) in [5.41, 5.74) is 0. The van der Waals surface area contributed by atoms with Crippen LogP contribution in [-0.4, -0.2) is 21.3 Å². The van der Waals surface area contributed by atoms with E-state index in [9.17, 15) is 0 Å². The van der Waals surface area contributed by atoms with E-state index in [1.54, 1.807) is 33.5 Å². The summed E-state index contributed by atoms with van der Waals surface area (Å²) >= 11 is 1.13. The molecule has 1 aromatic carbocycles. The van der Waals surface area contributed by atoms with E-state index in [1.807, 2.05) is 0 Å². The van der Waals surface area contributed by atoms with Gasteiger partial charge in [0.2, 0.25) is 5.75 Å². The number of hydrogen-bond donors (Lipinski definition) is 1. The number of benzene rings is 1. The van der Waals surface area contributed by atoms with E-state index in [-0.39, 0.29) is 0 Å². The molecule has 14 heavy (non-hydrogen) atoms. The normalized spacial score (nSPS) is 9.71. The van der Waals surface area contributed by atoms with E-state index in [4.69, 9.17) is 19.3 Å². The Balaban J connectivity index is 3.24. The lowest BCUT2D eigenvalue weighted by Gasteiger charge is -2.12. The first-order valence-electron chi connectivity index (χ1n) is 3.93. The molecule has 0 aromatic heterocycles. The van der Waals surface area contributed by atoms with Crippen LogP contribution in [0.1, 0.15) is 0 Å². The van der Waals surface area contributed by atoms with Crippen molar-refractivity contribution in [2.45, 2.75) is 4.90 Å². The van der Waals surface area contributed by atoms with Gasteiger partial charge in [0.25, 0.3) is 0 Å². The predicted octanol–water partition coefficient (Wildman–Crippen LogP) is 1.68. The van der Waals surface area contributed by atoms with Crippen LogP contribution in [0.5, 0.6) is 17.2 Å². The third kappa shape index (κ3) is 2.05. The molecular formula is C9H13NO3S. The van der Waals surface area contributed by atoms with Gasteiger partial charge in [-0.15, -0.1) is 0 Å². The average molecular weight is 215 g/mol. The number of nitrogens with two attached hydrogens (primary N) is 1. The molecule has 0 saturated heterocycles. The first kappa shape index (κ1) is 11.0. The zero-order chi connectivity index (χ0) is 10.6. The fourth-order valence-electron chi connectivity index (χ4n) is 1.13. The average Bonchev–Trinajstić information content (AvgIpc) is 2.26. The molecular weight excluding hydrogens is 202 g/mol. The Kier molecular flexibility index (Phi) is 3.91. The zero-order valence-corrected chi connectivity index (χ0v) is 9.18. The van der Waals surface area contributed by atoms with E-state index in [1.165, 1.54) is 0 Å². The Hall–Kier alpha value is -1.07. The Morgan fingerprint density at radius 2 is 1.50 bits per heavy atom. The van der Waals surface area contributed by atoms with Crippen LogP contribution >= 0.6 is 11.9 Å². The summed E-state index contributed by atoms with van der Waals surface area (Å²) < 4.78 is 15.5. The molecule has 0 radical (unpaired) electrons. The highest BCUT2D eigenvalue weighted by Gasteiger charge is 2.12. The van der Waals surface area contributed by atoms with Gasteiger partial charge in [-0.3, -0.25) is 5.14 Å². The van der Waals surface area contributed by atoms with E-state index >= 15 is 0 Å². The molecule has 1 rings (SSSR count). The van der Waals surface area contributed by atoms with Crippen molar-refractivity contribution < 1.29 is 14.2 Å². The highest BCUT2D eigenvalue weighted by Crippen LogP contribution is 2.39. The zero-order valence-electron chi connectivity index (χ0n) is 8.37. The van der Waals surface area contributed by atoms with Crippen LogP contribution in [0, 0.1) is 0 Å². The second kappa shape index (κ2) is 4.97. The highest BCUT2D eigenvalue weighted by atomic mass is 32.2. The van der Waals surface area contributed by atoms with Crippen LogP contribution in [0.15, 0.2) is 17.0 Å². The lowest BCUT2D eigenvalue weighted by molar-refractivity contribution is 0.323. The lowest BCUT2D eigenvalue weighted by Crippen LogP contribution is -1.95. The minimum Gasteiger partial charge on any atom is -0.493 e. The maximum atomic E-state index is 5.45. The smallest absolute Gasteiger partial charge is 0.203 e. The van der Waals surface area contributed by atoms with Gasteiger partial charge in [0.05, 0.1) is 21.3 Å². The van der Waals surface area contributed by atoms with Gasteiger partial charge >= 0.3 is 0 Å². The summed E-state index contributed by atoms with van der Waals surface area (Å²) in [6, 6.07) is 3.60. The number of methoxy groups -OCH3 is 3. The standard InChI is InChI=1S/C9H13NO3S/c1-11-7-4-6(14-10)5-8(12-2)9(7)13-3/h4-5H,10H2,1-3H3. The highest BCUT2D eigenvalue weighted by molar-refractivity contribution is 7.97. The molecule has 1 aromatic rings. The largest absolute Gasteiger partial charge is 0.493 e. The van der Waals surface area contributed by atoms with Gasteiger partial charge in [-0.25, -0.2) is 0 Å². The van der Waals surface area contributed by atoms with E-state index in [0.29, 0.717) is 17.2 Å². The first-order chi connectivity index (χ1) is 6.76. The maximum absolute atomic E-state index is 5.45. The summed E-state index contributed by atoms with van der Waals surface area (Å²) in [5.74, 6) is 1.80. The molecule has 0 saturated carbocycles. The van der Waals surface area contributed by atoms with Gasteiger partial charge in [0.1, 0.15) is 0 Å². The second-order valence-electron chi connectivity index (χ2n) is 2.48. The van der Waals surface area contributed by atoms with E-state index in [2.05, 4.69) is 0 Å². The Labute approximate surface area is 87.5 Å². The molecule has 2 N–H and O–H groups in total. The lowest BCUT2D eigenvalue weighted by atomic mass is 10.3. The van der Waals surface area contributed by atoms with Crippen LogP contribution in [0.3, 0.4) is 0 Å². The van der Waals surface area contributed by atoms with Crippen molar-refractivity contribution in [3.63, 3.8) is 0 Å².